The molecule has 0 amide bonds. The minimum atomic E-state index is 0.192. The van der Waals surface area contributed by atoms with Gasteiger partial charge in [-0.2, -0.15) is 15.0 Å². The second kappa shape index (κ2) is 7.07. The number of rotatable bonds is 5. The lowest BCUT2D eigenvalue weighted by Gasteiger charge is -2.33. The van der Waals surface area contributed by atoms with Gasteiger partial charge in [0.2, 0.25) is 11.2 Å². The molecule has 0 aromatic carbocycles. The Kier molecular flexibility index (Phi) is 5.40. The van der Waals surface area contributed by atoms with Crippen LogP contribution in [0.2, 0.25) is 5.28 Å². The van der Waals surface area contributed by atoms with E-state index in [0.717, 1.165) is 12.3 Å². The Bertz CT molecular complexity index is 435. The van der Waals surface area contributed by atoms with Crippen LogP contribution in [0.25, 0.3) is 0 Å². The maximum atomic E-state index is 5.97. The highest BCUT2D eigenvalue weighted by atomic mass is 35.5. The molecule has 0 atom stereocenters. The second-order valence-corrected chi connectivity index (χ2v) is 5.90. The number of anilines is 1. The van der Waals surface area contributed by atoms with E-state index in [1.807, 2.05) is 14.0 Å². The van der Waals surface area contributed by atoms with E-state index in [0.29, 0.717) is 24.6 Å². The molecule has 1 fully saturated rings. The van der Waals surface area contributed by atoms with Gasteiger partial charge >= 0.3 is 6.01 Å². The van der Waals surface area contributed by atoms with Crippen molar-refractivity contribution >= 4 is 17.5 Å². The Labute approximate surface area is 125 Å². The lowest BCUT2D eigenvalue weighted by molar-refractivity contribution is 0.290. The van der Waals surface area contributed by atoms with Gasteiger partial charge < -0.3 is 9.64 Å². The quantitative estimate of drug-likeness (QED) is 0.834. The van der Waals surface area contributed by atoms with Crippen molar-refractivity contribution in [3.05, 3.63) is 5.28 Å². The number of ether oxygens (including phenoxy) is 1. The molecule has 5 nitrogen and oxygen atoms in total. The van der Waals surface area contributed by atoms with Gasteiger partial charge in [0.1, 0.15) is 0 Å². The van der Waals surface area contributed by atoms with Crippen LogP contribution in [0.15, 0.2) is 0 Å². The first-order valence-electron chi connectivity index (χ1n) is 7.37. The molecule has 0 bridgehead atoms. The van der Waals surface area contributed by atoms with Gasteiger partial charge in [0.25, 0.3) is 0 Å². The van der Waals surface area contributed by atoms with Crippen molar-refractivity contribution < 1.29 is 4.74 Å². The van der Waals surface area contributed by atoms with Gasteiger partial charge in [0.05, 0.1) is 6.61 Å². The van der Waals surface area contributed by atoms with Crippen LogP contribution < -0.4 is 9.64 Å². The van der Waals surface area contributed by atoms with Crippen LogP contribution in [0.1, 0.15) is 46.0 Å². The minimum absolute atomic E-state index is 0.192. The largest absolute Gasteiger partial charge is 0.463 e. The van der Waals surface area contributed by atoms with Gasteiger partial charge in [-0.05, 0) is 49.6 Å². The second-order valence-electron chi connectivity index (χ2n) is 5.56. The summed E-state index contributed by atoms with van der Waals surface area (Å²) in [5.74, 6) is 1.43. The standard InChI is InChI=1S/C14H23ClN4O/c1-4-9-20-14-17-12(15)16-13(18-14)19(3)11-7-5-10(2)6-8-11/h10-11H,4-9H2,1-3H3. The monoisotopic (exact) mass is 298 g/mol. The van der Waals surface area contributed by atoms with Crippen LogP contribution in [0.4, 0.5) is 5.95 Å². The third kappa shape index (κ3) is 3.95. The molecular formula is C14H23ClN4O. The summed E-state index contributed by atoms with van der Waals surface area (Å²) < 4.78 is 5.46. The Morgan fingerprint density at radius 3 is 2.55 bits per heavy atom. The first-order valence-corrected chi connectivity index (χ1v) is 7.75. The van der Waals surface area contributed by atoms with Crippen molar-refractivity contribution in [2.45, 2.75) is 52.0 Å². The fourth-order valence-corrected chi connectivity index (χ4v) is 2.68. The molecule has 112 valence electrons. The van der Waals surface area contributed by atoms with Gasteiger partial charge in [-0.1, -0.05) is 13.8 Å². The number of nitrogens with zero attached hydrogens (tertiary/aromatic N) is 4. The van der Waals surface area contributed by atoms with Crippen molar-refractivity contribution in [3.63, 3.8) is 0 Å². The predicted molar refractivity (Wildman–Crippen MR) is 80.4 cm³/mol. The topological polar surface area (TPSA) is 51.1 Å². The number of hydrogen-bond donors (Lipinski definition) is 0. The lowest BCUT2D eigenvalue weighted by atomic mass is 9.87. The molecule has 1 saturated carbocycles. The third-order valence-electron chi connectivity index (χ3n) is 3.86. The highest BCUT2D eigenvalue weighted by Crippen LogP contribution is 2.28. The molecule has 0 aliphatic heterocycles. The zero-order chi connectivity index (χ0) is 14.5. The van der Waals surface area contributed by atoms with Crippen molar-refractivity contribution in [2.24, 2.45) is 5.92 Å². The van der Waals surface area contributed by atoms with E-state index in [2.05, 4.69) is 26.8 Å². The molecule has 1 aliphatic rings. The Balaban J connectivity index is 2.08. The van der Waals surface area contributed by atoms with E-state index in [1.165, 1.54) is 25.7 Å². The molecule has 1 aromatic heterocycles. The van der Waals surface area contributed by atoms with Crippen LogP contribution >= 0.6 is 11.6 Å². The number of hydrogen-bond acceptors (Lipinski definition) is 5. The molecule has 0 spiro atoms. The highest BCUT2D eigenvalue weighted by Gasteiger charge is 2.24. The van der Waals surface area contributed by atoms with Crippen LogP contribution in [0.3, 0.4) is 0 Å². The summed E-state index contributed by atoms with van der Waals surface area (Å²) in [5, 5.41) is 0.192. The molecular weight excluding hydrogens is 276 g/mol. The van der Waals surface area contributed by atoms with Crippen molar-refractivity contribution in [1.29, 1.82) is 0 Å². The molecule has 1 aromatic rings. The lowest BCUT2D eigenvalue weighted by Crippen LogP contribution is -2.36. The van der Waals surface area contributed by atoms with Gasteiger partial charge in [0.15, 0.2) is 0 Å². The molecule has 2 rings (SSSR count). The van der Waals surface area contributed by atoms with E-state index in [-0.39, 0.29) is 5.28 Å². The number of halogens is 1. The first kappa shape index (κ1) is 15.3. The summed E-state index contributed by atoms with van der Waals surface area (Å²) in [7, 11) is 2.02. The molecule has 1 heterocycles. The average Bonchev–Trinajstić information content (AvgIpc) is 2.44. The molecule has 0 saturated heterocycles. The van der Waals surface area contributed by atoms with Crippen molar-refractivity contribution in [3.8, 4) is 6.01 Å². The van der Waals surface area contributed by atoms with E-state index in [9.17, 15) is 0 Å². The SMILES string of the molecule is CCCOc1nc(Cl)nc(N(C)C2CCC(C)CC2)n1. The summed E-state index contributed by atoms with van der Waals surface area (Å²) in [4.78, 5) is 14.7. The fourth-order valence-electron chi connectivity index (χ4n) is 2.53. The maximum Gasteiger partial charge on any atom is 0.322 e. The maximum absolute atomic E-state index is 5.97. The first-order chi connectivity index (χ1) is 9.60. The summed E-state index contributed by atoms with van der Waals surface area (Å²) in [5.41, 5.74) is 0. The van der Waals surface area contributed by atoms with E-state index in [1.54, 1.807) is 0 Å². The molecule has 0 radical (unpaired) electrons. The molecule has 1 aliphatic carbocycles. The van der Waals surface area contributed by atoms with Crippen molar-refractivity contribution in [2.75, 3.05) is 18.6 Å². The predicted octanol–water partition coefficient (Wildman–Crippen LogP) is 3.33. The Morgan fingerprint density at radius 2 is 1.90 bits per heavy atom. The van der Waals surface area contributed by atoms with Gasteiger partial charge in [-0.3, -0.25) is 0 Å². The normalized spacial score (nSPS) is 22.6. The Hall–Kier alpha value is -1.10. The average molecular weight is 299 g/mol. The summed E-state index contributed by atoms with van der Waals surface area (Å²) in [6.07, 6.45) is 5.77. The van der Waals surface area contributed by atoms with Gasteiger partial charge in [0, 0.05) is 13.1 Å². The van der Waals surface area contributed by atoms with Gasteiger partial charge in [-0.25, -0.2) is 0 Å². The van der Waals surface area contributed by atoms with Crippen LogP contribution in [0.5, 0.6) is 6.01 Å². The van der Waals surface area contributed by atoms with Gasteiger partial charge in [-0.15, -0.1) is 0 Å². The summed E-state index contributed by atoms with van der Waals surface area (Å²) in [6.45, 7) is 4.94. The zero-order valence-electron chi connectivity index (χ0n) is 12.5. The zero-order valence-corrected chi connectivity index (χ0v) is 13.2. The van der Waals surface area contributed by atoms with Crippen LogP contribution in [-0.4, -0.2) is 34.6 Å². The summed E-state index contributed by atoms with van der Waals surface area (Å²) >= 11 is 5.97. The molecule has 6 heteroatoms. The smallest absolute Gasteiger partial charge is 0.322 e. The van der Waals surface area contributed by atoms with E-state index < -0.39 is 0 Å². The van der Waals surface area contributed by atoms with Crippen LogP contribution in [-0.2, 0) is 0 Å². The van der Waals surface area contributed by atoms with Crippen LogP contribution in [0, 0.1) is 5.92 Å². The third-order valence-corrected chi connectivity index (χ3v) is 4.03. The summed E-state index contributed by atoms with van der Waals surface area (Å²) in [6, 6.07) is 0.793. The number of aromatic nitrogens is 3. The molecule has 20 heavy (non-hydrogen) atoms. The van der Waals surface area contributed by atoms with E-state index >= 15 is 0 Å². The molecule has 0 unspecified atom stereocenters. The van der Waals surface area contributed by atoms with E-state index in [4.69, 9.17) is 16.3 Å². The molecule has 0 N–H and O–H groups in total. The van der Waals surface area contributed by atoms with Crippen molar-refractivity contribution in [1.82, 2.24) is 15.0 Å². The highest BCUT2D eigenvalue weighted by molar-refractivity contribution is 6.28. The Morgan fingerprint density at radius 1 is 1.20 bits per heavy atom. The minimum Gasteiger partial charge on any atom is -0.463 e. The fraction of sp³-hybridized carbons (Fsp3) is 0.786.